The Morgan fingerprint density at radius 2 is 1.85 bits per heavy atom. The van der Waals surface area contributed by atoms with Gasteiger partial charge in [-0.25, -0.2) is 4.79 Å². The number of nitrogens with zero attached hydrogens (tertiary/aromatic N) is 6. The van der Waals surface area contributed by atoms with Crippen molar-refractivity contribution < 1.29 is 22.7 Å². The fourth-order valence-corrected chi connectivity index (χ4v) is 3.77. The van der Waals surface area contributed by atoms with E-state index in [0.29, 0.717) is 5.69 Å². The molecule has 34 heavy (non-hydrogen) atoms. The van der Waals surface area contributed by atoms with Crippen LogP contribution in [-0.2, 0) is 13.6 Å². The number of carbonyl (C=O) groups excluding carboxylic acids is 1. The van der Waals surface area contributed by atoms with Crippen molar-refractivity contribution in [3.63, 3.8) is 0 Å². The molecule has 11 nitrogen and oxygen atoms in total. The summed E-state index contributed by atoms with van der Waals surface area (Å²) in [6.45, 7) is 3.93. The molecule has 2 aromatic heterocycles. The molecule has 0 amide bonds. The number of carbonyl (C=O) groups is 1. The molecule has 2 heterocycles. The van der Waals surface area contributed by atoms with Crippen LogP contribution in [0.15, 0.2) is 39.0 Å². The van der Waals surface area contributed by atoms with Crippen molar-refractivity contribution in [1.29, 1.82) is 0 Å². The van der Waals surface area contributed by atoms with Crippen molar-refractivity contribution in [3.8, 4) is 11.4 Å². The molecule has 3 rings (SSSR count). The summed E-state index contributed by atoms with van der Waals surface area (Å²) in [6.07, 6.45) is -4.83. The molecule has 3 aromatic rings. The van der Waals surface area contributed by atoms with E-state index in [0.717, 1.165) is 28.5 Å². The Hall–Kier alpha value is -3.62. The number of rotatable bonds is 8. The Morgan fingerprint density at radius 3 is 2.44 bits per heavy atom. The van der Waals surface area contributed by atoms with Gasteiger partial charge in [0, 0.05) is 13.6 Å². The van der Waals surface area contributed by atoms with Crippen LogP contribution >= 0.6 is 11.8 Å². The highest BCUT2D eigenvalue weighted by atomic mass is 32.2. The molecule has 0 saturated heterocycles. The van der Waals surface area contributed by atoms with Crippen LogP contribution in [0.4, 0.5) is 19.0 Å². The molecule has 0 aliphatic heterocycles. The van der Waals surface area contributed by atoms with Gasteiger partial charge in [-0.05, 0) is 40.6 Å². The number of halogens is 3. The molecule has 0 spiro atoms. The van der Waals surface area contributed by atoms with Gasteiger partial charge in [-0.3, -0.25) is 18.7 Å². The predicted octanol–water partition coefficient (Wildman–Crippen LogP) is 1.63. The van der Waals surface area contributed by atoms with Crippen LogP contribution in [0.5, 0.6) is 5.75 Å². The quantitative estimate of drug-likeness (QED) is 0.362. The average molecular weight is 499 g/mol. The van der Waals surface area contributed by atoms with E-state index in [2.05, 4.69) is 20.3 Å². The van der Waals surface area contributed by atoms with E-state index < -0.39 is 29.1 Å². The second-order valence-electron chi connectivity index (χ2n) is 7.54. The van der Waals surface area contributed by atoms with Crippen molar-refractivity contribution in [2.45, 2.75) is 31.9 Å². The van der Waals surface area contributed by atoms with Gasteiger partial charge in [-0.15, -0.1) is 18.3 Å². The third-order valence-electron chi connectivity index (χ3n) is 4.50. The molecule has 0 aliphatic carbocycles. The number of aromatic nitrogens is 6. The van der Waals surface area contributed by atoms with Crippen LogP contribution in [0.3, 0.4) is 0 Å². The van der Waals surface area contributed by atoms with Crippen LogP contribution in [-0.4, -0.2) is 47.2 Å². The summed E-state index contributed by atoms with van der Waals surface area (Å²) in [6, 6.07) is 4.79. The maximum Gasteiger partial charge on any atom is 0.573 e. The number of nitrogen functional groups attached to an aromatic ring is 1. The summed E-state index contributed by atoms with van der Waals surface area (Å²) in [7, 11) is 1.26. The monoisotopic (exact) mass is 499 g/mol. The maximum atomic E-state index is 12.9. The number of nitrogens with two attached hydrogens (primary N) is 1. The standard InChI is InChI=1S/C19H20F3N7O4S/c1-10(2)8-28-15(23)14(16(31)27(3)18(28)32)13(30)9-34-17-24-25-26-29(17)11-4-6-12(7-5-11)33-19(20,21)22/h4-7,10H,8-9,23H2,1-3H3. The average Bonchev–Trinajstić information content (AvgIpc) is 3.22. The Balaban J connectivity index is 1.83. The summed E-state index contributed by atoms with van der Waals surface area (Å²) >= 11 is 0.888. The molecule has 0 atom stereocenters. The number of hydrogen-bond donors (Lipinski definition) is 1. The van der Waals surface area contributed by atoms with E-state index in [1.165, 1.54) is 28.4 Å². The van der Waals surface area contributed by atoms with Crippen LogP contribution in [0.25, 0.3) is 5.69 Å². The number of hydrogen-bond acceptors (Lipinski definition) is 9. The van der Waals surface area contributed by atoms with Gasteiger partial charge in [0.05, 0.1) is 11.4 Å². The first-order valence-corrected chi connectivity index (χ1v) is 10.8. The van der Waals surface area contributed by atoms with E-state index in [-0.39, 0.29) is 34.8 Å². The lowest BCUT2D eigenvalue weighted by atomic mass is 10.2. The molecule has 15 heteroatoms. The van der Waals surface area contributed by atoms with E-state index >= 15 is 0 Å². The Labute approximate surface area is 194 Å². The van der Waals surface area contributed by atoms with Crippen LogP contribution in [0.2, 0.25) is 0 Å². The molecule has 0 unspecified atom stereocenters. The Morgan fingerprint density at radius 1 is 1.21 bits per heavy atom. The summed E-state index contributed by atoms with van der Waals surface area (Å²) < 4.78 is 44.1. The minimum atomic E-state index is -4.83. The minimum absolute atomic E-state index is 0.0346. The topological polar surface area (TPSA) is 140 Å². The van der Waals surface area contributed by atoms with E-state index in [1.54, 1.807) is 0 Å². The fraction of sp³-hybridized carbons (Fsp3) is 0.368. The molecule has 0 radical (unpaired) electrons. The molecule has 0 fully saturated rings. The highest BCUT2D eigenvalue weighted by molar-refractivity contribution is 7.99. The van der Waals surface area contributed by atoms with Crippen molar-refractivity contribution in [2.75, 3.05) is 11.5 Å². The van der Waals surface area contributed by atoms with E-state index in [9.17, 15) is 27.6 Å². The van der Waals surface area contributed by atoms with Crippen LogP contribution in [0, 0.1) is 5.92 Å². The number of anilines is 1. The smallest absolute Gasteiger partial charge is 0.406 e. The molecule has 182 valence electrons. The number of ketones is 1. The van der Waals surface area contributed by atoms with Crippen LogP contribution < -0.4 is 21.7 Å². The predicted molar refractivity (Wildman–Crippen MR) is 116 cm³/mol. The highest BCUT2D eigenvalue weighted by Crippen LogP contribution is 2.25. The summed E-state index contributed by atoms with van der Waals surface area (Å²) in [4.78, 5) is 37.8. The Kier molecular flexibility index (Phi) is 7.14. The lowest BCUT2D eigenvalue weighted by Gasteiger charge is -2.16. The normalized spacial score (nSPS) is 11.7. The number of ether oxygens (including phenoxy) is 1. The van der Waals surface area contributed by atoms with Gasteiger partial charge in [0.25, 0.3) is 5.56 Å². The SMILES string of the molecule is CC(C)Cn1c(N)c(C(=O)CSc2nnnn2-c2ccc(OC(F)(F)F)cc2)c(=O)n(C)c1=O. The second kappa shape index (κ2) is 9.70. The first-order valence-electron chi connectivity index (χ1n) is 9.79. The summed E-state index contributed by atoms with van der Waals surface area (Å²) in [5.41, 5.74) is 4.58. The first kappa shape index (κ1) is 25.0. The maximum absolute atomic E-state index is 12.9. The second-order valence-corrected chi connectivity index (χ2v) is 8.48. The van der Waals surface area contributed by atoms with Gasteiger partial charge >= 0.3 is 12.1 Å². The van der Waals surface area contributed by atoms with Gasteiger partial charge in [0.1, 0.15) is 17.1 Å². The van der Waals surface area contributed by atoms with Crippen molar-refractivity contribution in [2.24, 2.45) is 13.0 Å². The van der Waals surface area contributed by atoms with E-state index in [4.69, 9.17) is 5.73 Å². The molecule has 1 aromatic carbocycles. The van der Waals surface area contributed by atoms with Crippen LogP contribution in [0.1, 0.15) is 24.2 Å². The molecular formula is C19H20F3N7O4S. The summed E-state index contributed by atoms with van der Waals surface area (Å²) in [5.74, 6) is -1.52. The molecule has 0 aliphatic rings. The minimum Gasteiger partial charge on any atom is -0.406 e. The first-order chi connectivity index (χ1) is 15.9. The Bertz CT molecular complexity index is 1310. The lowest BCUT2D eigenvalue weighted by molar-refractivity contribution is -0.274. The van der Waals surface area contributed by atoms with Crippen molar-refractivity contribution in [1.82, 2.24) is 29.3 Å². The molecular weight excluding hydrogens is 479 g/mol. The summed E-state index contributed by atoms with van der Waals surface area (Å²) in [5, 5.41) is 11.2. The van der Waals surface area contributed by atoms with Gasteiger partial charge in [-0.1, -0.05) is 25.6 Å². The lowest BCUT2D eigenvalue weighted by Crippen LogP contribution is -2.43. The fourth-order valence-electron chi connectivity index (χ4n) is 3.01. The molecule has 2 N–H and O–H groups in total. The highest BCUT2D eigenvalue weighted by Gasteiger charge is 2.31. The zero-order chi connectivity index (χ0) is 25.2. The molecule has 0 saturated carbocycles. The van der Waals surface area contributed by atoms with Crippen molar-refractivity contribution in [3.05, 3.63) is 50.7 Å². The number of Topliss-reactive ketones (excluding diaryl/α,β-unsaturated/α-hetero) is 1. The zero-order valence-corrected chi connectivity index (χ0v) is 19.1. The zero-order valence-electron chi connectivity index (χ0n) is 18.2. The number of alkyl halides is 3. The van der Waals surface area contributed by atoms with Gasteiger partial charge in [0.2, 0.25) is 5.16 Å². The largest absolute Gasteiger partial charge is 0.573 e. The van der Waals surface area contributed by atoms with Gasteiger partial charge < -0.3 is 10.5 Å². The van der Waals surface area contributed by atoms with Gasteiger partial charge in [-0.2, -0.15) is 4.68 Å². The third kappa shape index (κ3) is 5.47. The number of tetrazole rings is 1. The van der Waals surface area contributed by atoms with E-state index in [1.807, 2.05) is 13.8 Å². The van der Waals surface area contributed by atoms with Crippen molar-refractivity contribution >= 4 is 23.4 Å². The molecule has 0 bridgehead atoms. The van der Waals surface area contributed by atoms with Gasteiger partial charge in [0.15, 0.2) is 5.78 Å². The number of thioether (sulfide) groups is 1. The number of benzene rings is 1. The third-order valence-corrected chi connectivity index (χ3v) is 5.42.